The van der Waals surface area contributed by atoms with Crippen LogP contribution in [-0.2, 0) is 4.43 Å². The van der Waals surface area contributed by atoms with Gasteiger partial charge in [0.05, 0.1) is 0 Å². The van der Waals surface area contributed by atoms with Gasteiger partial charge in [-0.05, 0) is 44.4 Å². The molecule has 0 unspecified atom stereocenters. The van der Waals surface area contributed by atoms with Crippen LogP contribution in [0.25, 0.3) is 0 Å². The summed E-state index contributed by atoms with van der Waals surface area (Å²) in [6, 6.07) is 5.21. The van der Waals surface area contributed by atoms with Gasteiger partial charge in [0.1, 0.15) is 0 Å². The lowest BCUT2D eigenvalue weighted by atomic mass is 10.2. The van der Waals surface area contributed by atoms with Crippen LogP contribution < -0.4 is 0 Å². The van der Waals surface area contributed by atoms with E-state index in [4.69, 9.17) is 27.6 Å². The van der Waals surface area contributed by atoms with Gasteiger partial charge in [0.25, 0.3) is 0 Å². The SMILES string of the molecule is C=C(N=Cc1cc(Cl)ccc1Cl)O[Si](C)(C)C. The van der Waals surface area contributed by atoms with Crippen LogP contribution in [0.2, 0.25) is 29.7 Å². The van der Waals surface area contributed by atoms with Crippen LogP contribution in [0.15, 0.2) is 35.7 Å². The van der Waals surface area contributed by atoms with Crippen molar-refractivity contribution < 1.29 is 4.43 Å². The zero-order chi connectivity index (χ0) is 13.1. The lowest BCUT2D eigenvalue weighted by Crippen LogP contribution is -2.24. The van der Waals surface area contributed by atoms with Gasteiger partial charge in [-0.1, -0.05) is 23.2 Å². The maximum atomic E-state index is 6.00. The number of nitrogens with zero attached hydrogens (tertiary/aromatic N) is 1. The maximum absolute atomic E-state index is 6.00. The molecule has 0 radical (unpaired) electrons. The molecular formula is C12H15Cl2NOSi. The molecule has 5 heteroatoms. The van der Waals surface area contributed by atoms with E-state index >= 15 is 0 Å². The summed E-state index contributed by atoms with van der Waals surface area (Å²) < 4.78 is 5.60. The van der Waals surface area contributed by atoms with Crippen LogP contribution in [-0.4, -0.2) is 14.5 Å². The van der Waals surface area contributed by atoms with Crippen molar-refractivity contribution in [2.75, 3.05) is 0 Å². The standard InChI is InChI=1S/C12H15Cl2NOSi/c1-9(16-17(2,3)4)15-8-10-7-11(13)5-6-12(10)14/h5-8H,1H2,2-4H3. The largest absolute Gasteiger partial charge is 0.532 e. The topological polar surface area (TPSA) is 21.6 Å². The van der Waals surface area contributed by atoms with Crippen LogP contribution in [0.5, 0.6) is 0 Å². The quantitative estimate of drug-likeness (QED) is 0.445. The Morgan fingerprint density at radius 3 is 2.59 bits per heavy atom. The molecule has 0 heterocycles. The van der Waals surface area contributed by atoms with Crippen molar-refractivity contribution in [3.63, 3.8) is 0 Å². The maximum Gasteiger partial charge on any atom is 0.244 e. The molecule has 0 amide bonds. The summed E-state index contributed by atoms with van der Waals surface area (Å²) in [6.07, 6.45) is 1.61. The van der Waals surface area contributed by atoms with Crippen molar-refractivity contribution >= 4 is 37.7 Å². The highest BCUT2D eigenvalue weighted by atomic mass is 35.5. The van der Waals surface area contributed by atoms with Crippen molar-refractivity contribution in [2.45, 2.75) is 19.6 Å². The van der Waals surface area contributed by atoms with Crippen LogP contribution >= 0.6 is 23.2 Å². The Bertz CT molecular complexity index is 452. The summed E-state index contributed by atoms with van der Waals surface area (Å²) >= 11 is 11.9. The van der Waals surface area contributed by atoms with Crippen molar-refractivity contribution in [1.29, 1.82) is 0 Å². The molecule has 1 aromatic rings. The molecule has 0 spiro atoms. The number of halogens is 2. The van der Waals surface area contributed by atoms with Gasteiger partial charge in [0.15, 0.2) is 5.88 Å². The fraction of sp³-hybridized carbons (Fsp3) is 0.250. The molecule has 0 bridgehead atoms. The summed E-state index contributed by atoms with van der Waals surface area (Å²) in [5, 5.41) is 1.21. The van der Waals surface area contributed by atoms with Crippen LogP contribution in [0.3, 0.4) is 0 Å². The Kier molecular flexibility index (Phi) is 4.80. The van der Waals surface area contributed by atoms with E-state index in [1.165, 1.54) is 0 Å². The first kappa shape index (κ1) is 14.3. The Morgan fingerprint density at radius 1 is 1.35 bits per heavy atom. The lowest BCUT2D eigenvalue weighted by molar-refractivity contribution is 0.421. The molecule has 0 saturated carbocycles. The summed E-state index contributed by atoms with van der Waals surface area (Å²) in [4.78, 5) is 4.13. The van der Waals surface area contributed by atoms with Crippen molar-refractivity contribution in [2.24, 2.45) is 4.99 Å². The van der Waals surface area contributed by atoms with E-state index in [0.29, 0.717) is 15.9 Å². The summed E-state index contributed by atoms with van der Waals surface area (Å²) in [6.45, 7) is 9.95. The highest BCUT2D eigenvalue weighted by molar-refractivity contribution is 6.70. The molecule has 0 atom stereocenters. The van der Waals surface area contributed by atoms with Crippen LogP contribution in [0, 0.1) is 0 Å². The van der Waals surface area contributed by atoms with E-state index in [1.807, 2.05) is 0 Å². The zero-order valence-electron chi connectivity index (χ0n) is 10.1. The van der Waals surface area contributed by atoms with E-state index in [1.54, 1.807) is 24.4 Å². The second kappa shape index (κ2) is 5.71. The van der Waals surface area contributed by atoms with E-state index in [-0.39, 0.29) is 0 Å². The third-order valence-electron chi connectivity index (χ3n) is 1.73. The molecule has 17 heavy (non-hydrogen) atoms. The molecule has 0 saturated heterocycles. The van der Waals surface area contributed by atoms with Gasteiger partial charge < -0.3 is 4.43 Å². The molecule has 1 aromatic carbocycles. The molecular weight excluding hydrogens is 273 g/mol. The minimum atomic E-state index is -1.66. The third kappa shape index (κ3) is 5.39. The molecule has 92 valence electrons. The minimum absolute atomic E-state index is 0.403. The minimum Gasteiger partial charge on any atom is -0.532 e. The molecule has 0 aliphatic rings. The number of hydrogen-bond donors (Lipinski definition) is 0. The van der Waals surface area contributed by atoms with Crippen molar-refractivity contribution in [1.82, 2.24) is 0 Å². The fourth-order valence-corrected chi connectivity index (χ4v) is 2.24. The van der Waals surface area contributed by atoms with Crippen molar-refractivity contribution in [3.8, 4) is 0 Å². The molecule has 0 fully saturated rings. The van der Waals surface area contributed by atoms with Crippen molar-refractivity contribution in [3.05, 3.63) is 46.3 Å². The van der Waals surface area contributed by atoms with E-state index < -0.39 is 8.32 Å². The van der Waals surface area contributed by atoms with Gasteiger partial charge in [0.2, 0.25) is 8.32 Å². The van der Waals surface area contributed by atoms with Gasteiger partial charge in [-0.2, -0.15) is 0 Å². The summed E-state index contributed by atoms with van der Waals surface area (Å²) in [7, 11) is -1.66. The predicted molar refractivity (Wildman–Crippen MR) is 77.6 cm³/mol. The zero-order valence-corrected chi connectivity index (χ0v) is 12.6. The first-order valence-electron chi connectivity index (χ1n) is 5.15. The van der Waals surface area contributed by atoms with Crippen LogP contribution in [0.4, 0.5) is 0 Å². The van der Waals surface area contributed by atoms with E-state index in [2.05, 4.69) is 31.2 Å². The summed E-state index contributed by atoms with van der Waals surface area (Å²) in [5.74, 6) is 0.403. The Labute approximate surface area is 113 Å². The number of hydrogen-bond acceptors (Lipinski definition) is 2. The lowest BCUT2D eigenvalue weighted by Gasteiger charge is -2.17. The number of benzene rings is 1. The van der Waals surface area contributed by atoms with E-state index in [9.17, 15) is 0 Å². The van der Waals surface area contributed by atoms with Gasteiger partial charge in [-0.25, -0.2) is 4.99 Å². The average Bonchev–Trinajstić information content (AvgIpc) is 2.17. The van der Waals surface area contributed by atoms with Gasteiger partial charge in [-0.3, -0.25) is 0 Å². The first-order chi connectivity index (χ1) is 7.78. The average molecular weight is 288 g/mol. The predicted octanol–water partition coefficient (Wildman–Crippen LogP) is 4.74. The van der Waals surface area contributed by atoms with Gasteiger partial charge >= 0.3 is 0 Å². The first-order valence-corrected chi connectivity index (χ1v) is 9.31. The molecule has 1 rings (SSSR count). The highest BCUT2D eigenvalue weighted by Crippen LogP contribution is 2.19. The molecule has 0 N–H and O–H groups in total. The smallest absolute Gasteiger partial charge is 0.244 e. The summed E-state index contributed by atoms with van der Waals surface area (Å²) in [5.41, 5.74) is 0.750. The molecule has 0 aliphatic carbocycles. The van der Waals surface area contributed by atoms with E-state index in [0.717, 1.165) is 5.56 Å². The number of aliphatic imine (C=N–C) groups is 1. The monoisotopic (exact) mass is 287 g/mol. The number of rotatable bonds is 4. The molecule has 2 nitrogen and oxygen atoms in total. The molecule has 0 aliphatic heterocycles. The Balaban J connectivity index is 2.77. The Morgan fingerprint density at radius 2 is 2.00 bits per heavy atom. The van der Waals surface area contributed by atoms with Crippen LogP contribution in [0.1, 0.15) is 5.56 Å². The van der Waals surface area contributed by atoms with Gasteiger partial charge in [0, 0.05) is 21.8 Å². The second-order valence-electron chi connectivity index (χ2n) is 4.53. The van der Waals surface area contributed by atoms with Gasteiger partial charge in [-0.15, -0.1) is 0 Å². The normalized spacial score (nSPS) is 11.8. The third-order valence-corrected chi connectivity index (χ3v) is 3.16. The Hall–Kier alpha value is -0.773. The highest BCUT2D eigenvalue weighted by Gasteiger charge is 2.16. The second-order valence-corrected chi connectivity index (χ2v) is 9.80. The fourth-order valence-electron chi connectivity index (χ4n) is 1.13. The molecule has 0 aromatic heterocycles.